The summed E-state index contributed by atoms with van der Waals surface area (Å²) in [5, 5.41) is 6.37. The number of likely N-dealkylation sites (tertiary alicyclic amines) is 1. The molecule has 6 heteroatoms. The fourth-order valence-electron chi connectivity index (χ4n) is 3.51. The molecular formula is C17H30N4O2. The van der Waals surface area contributed by atoms with Crippen LogP contribution in [0, 0.1) is 11.8 Å². The molecule has 0 radical (unpaired) electrons. The van der Waals surface area contributed by atoms with E-state index in [2.05, 4.69) is 15.5 Å². The Hall–Kier alpha value is -1.14. The minimum absolute atomic E-state index is 0.108. The Morgan fingerprint density at radius 1 is 1.09 bits per heavy atom. The third-order valence-corrected chi connectivity index (χ3v) is 5.25. The largest absolute Gasteiger partial charge is 0.356 e. The third-order valence-electron chi connectivity index (χ3n) is 5.25. The first-order valence-electron chi connectivity index (χ1n) is 9.21. The summed E-state index contributed by atoms with van der Waals surface area (Å²) >= 11 is 0. The Bertz CT molecular complexity index is 419. The van der Waals surface area contributed by atoms with Gasteiger partial charge in [0.2, 0.25) is 11.8 Å². The highest BCUT2D eigenvalue weighted by atomic mass is 16.2. The van der Waals surface area contributed by atoms with E-state index in [1.807, 2.05) is 4.90 Å². The minimum atomic E-state index is 0.108. The lowest BCUT2D eigenvalue weighted by molar-refractivity contribution is -0.132. The van der Waals surface area contributed by atoms with E-state index in [1.165, 1.54) is 12.8 Å². The van der Waals surface area contributed by atoms with Gasteiger partial charge in [0, 0.05) is 52.2 Å². The van der Waals surface area contributed by atoms with E-state index < -0.39 is 0 Å². The number of hydrogen-bond donors (Lipinski definition) is 2. The number of nitrogens with zero attached hydrogens (tertiary/aromatic N) is 2. The van der Waals surface area contributed by atoms with Crippen LogP contribution < -0.4 is 10.6 Å². The molecule has 2 N–H and O–H groups in total. The molecule has 3 aliphatic rings. The molecule has 1 aliphatic carbocycles. The average molecular weight is 322 g/mol. The summed E-state index contributed by atoms with van der Waals surface area (Å²) in [5.41, 5.74) is 0. The van der Waals surface area contributed by atoms with Crippen LogP contribution in [0.4, 0.5) is 0 Å². The maximum atomic E-state index is 12.2. The van der Waals surface area contributed by atoms with Crippen molar-refractivity contribution in [2.45, 2.75) is 32.1 Å². The lowest BCUT2D eigenvalue weighted by atomic mass is 9.97. The highest BCUT2D eigenvalue weighted by Gasteiger charge is 2.28. The monoisotopic (exact) mass is 322 g/mol. The van der Waals surface area contributed by atoms with Gasteiger partial charge >= 0.3 is 0 Å². The van der Waals surface area contributed by atoms with Crippen LogP contribution in [-0.2, 0) is 9.59 Å². The standard InChI is InChI=1S/C17H30N4O2/c22-16(21-10-6-18-7-11-21)5-9-20-8-1-2-15(13-20)17(23)19-12-14-3-4-14/h14-15,18H,1-13H2,(H,19,23). The fraction of sp³-hybridized carbons (Fsp3) is 0.882. The first-order valence-corrected chi connectivity index (χ1v) is 9.21. The molecule has 2 saturated heterocycles. The van der Waals surface area contributed by atoms with Crippen molar-refractivity contribution < 1.29 is 9.59 Å². The van der Waals surface area contributed by atoms with Crippen molar-refractivity contribution in [2.75, 3.05) is 52.4 Å². The van der Waals surface area contributed by atoms with E-state index in [9.17, 15) is 9.59 Å². The van der Waals surface area contributed by atoms with Crippen molar-refractivity contribution >= 4 is 11.8 Å². The van der Waals surface area contributed by atoms with Crippen molar-refractivity contribution in [2.24, 2.45) is 11.8 Å². The summed E-state index contributed by atoms with van der Waals surface area (Å²) in [6.07, 6.45) is 5.16. The van der Waals surface area contributed by atoms with Crippen LogP contribution in [0.3, 0.4) is 0 Å². The molecule has 0 bridgehead atoms. The normalized spacial score (nSPS) is 26.1. The Morgan fingerprint density at radius 3 is 2.61 bits per heavy atom. The number of piperazine rings is 1. The molecule has 23 heavy (non-hydrogen) atoms. The van der Waals surface area contributed by atoms with E-state index in [0.717, 1.165) is 71.1 Å². The first kappa shape index (κ1) is 16.7. The summed E-state index contributed by atoms with van der Waals surface area (Å²) in [4.78, 5) is 28.7. The van der Waals surface area contributed by atoms with Gasteiger partial charge in [0.25, 0.3) is 0 Å². The van der Waals surface area contributed by atoms with Gasteiger partial charge in [-0.2, -0.15) is 0 Å². The highest BCUT2D eigenvalue weighted by molar-refractivity contribution is 5.79. The van der Waals surface area contributed by atoms with Gasteiger partial charge in [0.1, 0.15) is 0 Å². The zero-order chi connectivity index (χ0) is 16.1. The van der Waals surface area contributed by atoms with Gasteiger partial charge in [0.15, 0.2) is 0 Å². The predicted octanol–water partition coefficient (Wildman–Crippen LogP) is 0.0465. The molecule has 2 amide bonds. The van der Waals surface area contributed by atoms with Gasteiger partial charge in [-0.05, 0) is 38.1 Å². The summed E-state index contributed by atoms with van der Waals surface area (Å²) in [5.74, 6) is 1.31. The summed E-state index contributed by atoms with van der Waals surface area (Å²) in [6.45, 7) is 6.92. The molecule has 130 valence electrons. The molecule has 2 heterocycles. The van der Waals surface area contributed by atoms with Gasteiger partial charge < -0.3 is 20.4 Å². The molecule has 0 aromatic carbocycles. The molecule has 6 nitrogen and oxygen atoms in total. The predicted molar refractivity (Wildman–Crippen MR) is 89.0 cm³/mol. The number of carbonyl (C=O) groups is 2. The van der Waals surface area contributed by atoms with Crippen LogP contribution in [0.5, 0.6) is 0 Å². The van der Waals surface area contributed by atoms with Crippen LogP contribution in [0.15, 0.2) is 0 Å². The molecular weight excluding hydrogens is 292 g/mol. The Labute approximate surface area is 139 Å². The quantitative estimate of drug-likeness (QED) is 0.725. The van der Waals surface area contributed by atoms with Crippen LogP contribution in [0.1, 0.15) is 32.1 Å². The maximum absolute atomic E-state index is 12.2. The first-order chi connectivity index (χ1) is 11.2. The van der Waals surface area contributed by atoms with Crippen molar-refractivity contribution in [1.29, 1.82) is 0 Å². The second kappa shape index (κ2) is 8.11. The zero-order valence-electron chi connectivity index (χ0n) is 14.1. The Morgan fingerprint density at radius 2 is 1.87 bits per heavy atom. The SMILES string of the molecule is O=C(NCC1CC1)C1CCCN(CCC(=O)N2CCNCC2)C1. The molecule has 0 spiro atoms. The van der Waals surface area contributed by atoms with E-state index in [0.29, 0.717) is 6.42 Å². The molecule has 1 atom stereocenters. The van der Waals surface area contributed by atoms with Gasteiger partial charge in [0.05, 0.1) is 5.92 Å². The van der Waals surface area contributed by atoms with Crippen molar-refractivity contribution in [3.8, 4) is 0 Å². The van der Waals surface area contributed by atoms with Crippen molar-refractivity contribution in [3.63, 3.8) is 0 Å². The van der Waals surface area contributed by atoms with Gasteiger partial charge in [-0.3, -0.25) is 9.59 Å². The molecule has 1 saturated carbocycles. The molecule has 3 fully saturated rings. The Kier molecular flexibility index (Phi) is 5.89. The van der Waals surface area contributed by atoms with Gasteiger partial charge in [-0.25, -0.2) is 0 Å². The fourth-order valence-corrected chi connectivity index (χ4v) is 3.51. The molecule has 1 unspecified atom stereocenters. The van der Waals surface area contributed by atoms with E-state index >= 15 is 0 Å². The zero-order valence-corrected chi connectivity index (χ0v) is 14.1. The molecule has 3 rings (SSSR count). The summed E-state index contributed by atoms with van der Waals surface area (Å²) < 4.78 is 0. The summed E-state index contributed by atoms with van der Waals surface area (Å²) in [6, 6.07) is 0. The van der Waals surface area contributed by atoms with Crippen molar-refractivity contribution in [1.82, 2.24) is 20.4 Å². The number of nitrogens with one attached hydrogen (secondary N) is 2. The van der Waals surface area contributed by atoms with E-state index in [1.54, 1.807) is 0 Å². The lowest BCUT2D eigenvalue weighted by Gasteiger charge is -2.33. The minimum Gasteiger partial charge on any atom is -0.356 e. The van der Waals surface area contributed by atoms with Crippen LogP contribution >= 0.6 is 0 Å². The lowest BCUT2D eigenvalue weighted by Crippen LogP contribution is -2.48. The number of amides is 2. The van der Waals surface area contributed by atoms with Gasteiger partial charge in [-0.15, -0.1) is 0 Å². The number of hydrogen-bond acceptors (Lipinski definition) is 4. The second-order valence-corrected chi connectivity index (χ2v) is 7.21. The van der Waals surface area contributed by atoms with Crippen molar-refractivity contribution in [3.05, 3.63) is 0 Å². The average Bonchev–Trinajstić information content (AvgIpc) is 3.43. The highest BCUT2D eigenvalue weighted by Crippen LogP contribution is 2.28. The number of carbonyl (C=O) groups excluding carboxylic acids is 2. The Balaban J connectivity index is 1.37. The maximum Gasteiger partial charge on any atom is 0.224 e. The molecule has 0 aromatic rings. The van der Waals surface area contributed by atoms with Crippen LogP contribution in [0.25, 0.3) is 0 Å². The van der Waals surface area contributed by atoms with E-state index in [-0.39, 0.29) is 17.7 Å². The number of rotatable bonds is 6. The summed E-state index contributed by atoms with van der Waals surface area (Å²) in [7, 11) is 0. The molecule has 0 aromatic heterocycles. The number of piperidine rings is 1. The molecule has 2 aliphatic heterocycles. The van der Waals surface area contributed by atoms with Gasteiger partial charge in [-0.1, -0.05) is 0 Å². The second-order valence-electron chi connectivity index (χ2n) is 7.21. The third kappa shape index (κ3) is 5.18. The van der Waals surface area contributed by atoms with Crippen LogP contribution in [0.2, 0.25) is 0 Å². The van der Waals surface area contributed by atoms with Crippen LogP contribution in [-0.4, -0.2) is 74.0 Å². The van der Waals surface area contributed by atoms with E-state index in [4.69, 9.17) is 0 Å². The smallest absolute Gasteiger partial charge is 0.224 e. The topological polar surface area (TPSA) is 64.7 Å².